The van der Waals surface area contributed by atoms with Crippen molar-refractivity contribution in [1.82, 2.24) is 9.38 Å². The number of aromatic nitrogens is 2. The van der Waals surface area contributed by atoms with Gasteiger partial charge in [-0.05, 0) is 29.2 Å². The summed E-state index contributed by atoms with van der Waals surface area (Å²) in [5.41, 5.74) is 0.691. The van der Waals surface area contributed by atoms with Crippen LogP contribution >= 0.6 is 27.3 Å². The van der Waals surface area contributed by atoms with E-state index in [1.807, 2.05) is 12.1 Å². The number of hydrogen-bond donors (Lipinski definition) is 2. The molecule has 2 aromatic heterocycles. The molecule has 0 radical (unpaired) electrons. The summed E-state index contributed by atoms with van der Waals surface area (Å²) in [6.07, 6.45) is 1.76. The standard InChI is InChI=1S/C14H12BrN5O3S/c15-9-1-3-10(4-2-9)17-11(21)5-6-16-12-13(20(22)23)19-7-8-24-14(19)18-12/h1-4,7-8,16H,5-6H2,(H,17,21). The summed E-state index contributed by atoms with van der Waals surface area (Å²) in [7, 11) is 0. The first-order chi connectivity index (χ1) is 11.5. The van der Waals surface area contributed by atoms with Crippen LogP contribution in [-0.2, 0) is 4.79 Å². The number of carbonyl (C=O) groups is 1. The van der Waals surface area contributed by atoms with Gasteiger partial charge in [-0.2, -0.15) is 9.38 Å². The quantitative estimate of drug-likeness (QED) is 0.479. The van der Waals surface area contributed by atoms with Crippen molar-refractivity contribution in [3.63, 3.8) is 0 Å². The van der Waals surface area contributed by atoms with Crippen molar-refractivity contribution in [2.24, 2.45) is 0 Å². The average molecular weight is 410 g/mol. The summed E-state index contributed by atoms with van der Waals surface area (Å²) in [6.45, 7) is 0.244. The molecule has 0 unspecified atom stereocenters. The van der Waals surface area contributed by atoms with Crippen LogP contribution in [-0.4, -0.2) is 26.8 Å². The molecule has 3 rings (SSSR count). The fourth-order valence-electron chi connectivity index (χ4n) is 2.12. The van der Waals surface area contributed by atoms with Crippen LogP contribution in [0.2, 0.25) is 0 Å². The number of thiazole rings is 1. The molecule has 0 saturated heterocycles. The van der Waals surface area contributed by atoms with Crippen LogP contribution in [0.1, 0.15) is 6.42 Å². The lowest BCUT2D eigenvalue weighted by molar-refractivity contribution is -0.389. The minimum absolute atomic E-state index is 0.125. The number of carbonyl (C=O) groups excluding carboxylic acids is 1. The molecule has 0 aliphatic carbocycles. The Morgan fingerprint density at radius 1 is 1.38 bits per heavy atom. The zero-order valence-electron chi connectivity index (χ0n) is 12.2. The Bertz CT molecular complexity index is 890. The first-order valence-electron chi connectivity index (χ1n) is 6.94. The van der Waals surface area contributed by atoms with E-state index in [0.29, 0.717) is 10.6 Å². The van der Waals surface area contributed by atoms with E-state index in [2.05, 4.69) is 31.5 Å². The maximum atomic E-state index is 11.9. The molecule has 0 saturated carbocycles. The predicted octanol–water partition coefficient (Wildman–Crippen LogP) is 3.51. The molecule has 1 amide bonds. The number of benzene rings is 1. The van der Waals surface area contributed by atoms with Crippen LogP contribution < -0.4 is 10.6 Å². The van der Waals surface area contributed by atoms with E-state index in [4.69, 9.17) is 0 Å². The SMILES string of the molecule is O=C(CCNc1nc2sccn2c1[N+](=O)[O-])Nc1ccc(Br)cc1. The van der Waals surface area contributed by atoms with Crippen molar-refractivity contribution < 1.29 is 9.72 Å². The third kappa shape index (κ3) is 3.54. The number of nitrogens with one attached hydrogen (secondary N) is 2. The smallest absolute Gasteiger partial charge is 0.362 e. The molecule has 8 nitrogen and oxygen atoms in total. The highest BCUT2D eigenvalue weighted by Crippen LogP contribution is 2.27. The van der Waals surface area contributed by atoms with E-state index in [1.54, 1.807) is 23.7 Å². The molecular weight excluding hydrogens is 398 g/mol. The van der Waals surface area contributed by atoms with Gasteiger partial charge in [-0.3, -0.25) is 4.79 Å². The summed E-state index contributed by atoms with van der Waals surface area (Å²) in [5, 5.41) is 18.5. The fraction of sp³-hybridized carbons (Fsp3) is 0.143. The largest absolute Gasteiger partial charge is 0.372 e. The van der Waals surface area contributed by atoms with E-state index in [9.17, 15) is 14.9 Å². The monoisotopic (exact) mass is 409 g/mol. The van der Waals surface area contributed by atoms with E-state index in [-0.39, 0.29) is 30.5 Å². The van der Waals surface area contributed by atoms with Gasteiger partial charge in [0, 0.05) is 28.5 Å². The molecule has 2 heterocycles. The molecule has 0 bridgehead atoms. The summed E-state index contributed by atoms with van der Waals surface area (Å²) >= 11 is 4.63. The van der Waals surface area contributed by atoms with Crippen LogP contribution in [0.4, 0.5) is 17.3 Å². The van der Waals surface area contributed by atoms with Crippen molar-refractivity contribution in [1.29, 1.82) is 0 Å². The molecule has 124 valence electrons. The maximum Gasteiger partial charge on any atom is 0.372 e. The van der Waals surface area contributed by atoms with Gasteiger partial charge in [0.1, 0.15) is 6.20 Å². The lowest BCUT2D eigenvalue weighted by Crippen LogP contribution is -2.16. The van der Waals surface area contributed by atoms with Gasteiger partial charge in [-0.25, -0.2) is 0 Å². The fourth-order valence-corrected chi connectivity index (χ4v) is 3.09. The van der Waals surface area contributed by atoms with E-state index in [1.165, 1.54) is 15.7 Å². The number of nitrogens with zero attached hydrogens (tertiary/aromatic N) is 3. The Morgan fingerprint density at radius 2 is 2.12 bits per heavy atom. The van der Waals surface area contributed by atoms with Crippen molar-refractivity contribution in [2.75, 3.05) is 17.2 Å². The Kier molecular flexibility index (Phi) is 4.76. The van der Waals surface area contributed by atoms with Crippen LogP contribution in [0.3, 0.4) is 0 Å². The van der Waals surface area contributed by atoms with Gasteiger partial charge in [-0.15, -0.1) is 0 Å². The maximum absolute atomic E-state index is 11.9. The minimum atomic E-state index is -0.489. The van der Waals surface area contributed by atoms with Gasteiger partial charge < -0.3 is 20.7 Å². The number of anilines is 2. The van der Waals surface area contributed by atoms with E-state index >= 15 is 0 Å². The molecule has 0 fully saturated rings. The Balaban J connectivity index is 1.59. The highest BCUT2D eigenvalue weighted by molar-refractivity contribution is 9.10. The topological polar surface area (TPSA) is 102 Å². The summed E-state index contributed by atoms with van der Waals surface area (Å²) < 4.78 is 2.34. The molecule has 24 heavy (non-hydrogen) atoms. The second-order valence-corrected chi connectivity index (χ2v) is 6.62. The first kappa shape index (κ1) is 16.4. The van der Waals surface area contributed by atoms with E-state index < -0.39 is 4.92 Å². The Labute approximate surface area is 148 Å². The van der Waals surface area contributed by atoms with Crippen LogP contribution in [0.15, 0.2) is 40.3 Å². The van der Waals surface area contributed by atoms with Crippen molar-refractivity contribution >= 4 is 55.5 Å². The molecule has 10 heteroatoms. The summed E-state index contributed by atoms with van der Waals surface area (Å²) in [4.78, 5) is 27.3. The highest BCUT2D eigenvalue weighted by Gasteiger charge is 2.23. The van der Waals surface area contributed by atoms with Crippen LogP contribution in [0, 0.1) is 10.1 Å². The number of imidazole rings is 1. The molecule has 0 aliphatic rings. The Hall–Kier alpha value is -2.46. The zero-order valence-corrected chi connectivity index (χ0v) is 14.6. The first-order valence-corrected chi connectivity index (χ1v) is 8.61. The number of amides is 1. The summed E-state index contributed by atoms with van der Waals surface area (Å²) in [5.74, 6) is -0.142. The van der Waals surface area contributed by atoms with E-state index in [0.717, 1.165) is 4.47 Å². The third-order valence-corrected chi connectivity index (χ3v) is 4.47. The van der Waals surface area contributed by atoms with Gasteiger partial charge in [0.2, 0.25) is 11.7 Å². The number of halogens is 1. The van der Waals surface area contributed by atoms with Crippen molar-refractivity contribution in [2.45, 2.75) is 6.42 Å². The average Bonchev–Trinajstić information content (AvgIpc) is 3.09. The highest BCUT2D eigenvalue weighted by atomic mass is 79.9. The van der Waals surface area contributed by atoms with Gasteiger partial charge in [0.25, 0.3) is 4.96 Å². The van der Waals surface area contributed by atoms with Gasteiger partial charge in [0.05, 0.1) is 0 Å². The molecule has 1 aromatic carbocycles. The number of rotatable bonds is 6. The second kappa shape index (κ2) is 6.97. The van der Waals surface area contributed by atoms with Crippen LogP contribution in [0.5, 0.6) is 0 Å². The number of hydrogen-bond acceptors (Lipinski definition) is 6. The second-order valence-electron chi connectivity index (χ2n) is 4.83. The van der Waals surface area contributed by atoms with Crippen LogP contribution in [0.25, 0.3) is 4.96 Å². The third-order valence-electron chi connectivity index (χ3n) is 3.18. The Morgan fingerprint density at radius 3 is 2.83 bits per heavy atom. The molecule has 0 atom stereocenters. The normalized spacial score (nSPS) is 10.7. The molecular formula is C14H12BrN5O3S. The lowest BCUT2D eigenvalue weighted by Gasteiger charge is -2.06. The number of nitro groups is 1. The minimum Gasteiger partial charge on any atom is -0.362 e. The zero-order chi connectivity index (χ0) is 17.1. The summed E-state index contributed by atoms with van der Waals surface area (Å²) in [6, 6.07) is 7.22. The molecule has 2 N–H and O–H groups in total. The lowest BCUT2D eigenvalue weighted by atomic mass is 10.3. The van der Waals surface area contributed by atoms with Gasteiger partial charge in [-0.1, -0.05) is 27.3 Å². The predicted molar refractivity (Wildman–Crippen MR) is 95.6 cm³/mol. The van der Waals surface area contributed by atoms with Gasteiger partial charge in [0.15, 0.2) is 0 Å². The number of fused-ring (bicyclic) bond motifs is 1. The van der Waals surface area contributed by atoms with Crippen molar-refractivity contribution in [3.05, 3.63) is 50.4 Å². The van der Waals surface area contributed by atoms with Crippen molar-refractivity contribution in [3.8, 4) is 0 Å². The van der Waals surface area contributed by atoms with Gasteiger partial charge >= 0.3 is 5.82 Å². The molecule has 0 aliphatic heterocycles. The molecule has 3 aromatic rings. The molecule has 0 spiro atoms.